The highest BCUT2D eigenvalue weighted by atomic mass is 35.5. The van der Waals surface area contributed by atoms with Crippen molar-refractivity contribution < 1.29 is 15.0 Å². The summed E-state index contributed by atoms with van der Waals surface area (Å²) in [4.78, 5) is 12.6. The number of fused-ring (bicyclic) bond motifs is 1. The van der Waals surface area contributed by atoms with Crippen molar-refractivity contribution in [3.63, 3.8) is 0 Å². The SMILES string of the molecule is CCCC(C(=O)O)c1c(C)n(C(=S)c2ccc(C)cc2)c2cc(Cl)c(O)cc12. The van der Waals surface area contributed by atoms with Crippen molar-refractivity contribution in [2.45, 2.75) is 39.5 Å². The second-order valence-corrected chi connectivity index (χ2v) is 7.80. The fourth-order valence-electron chi connectivity index (χ4n) is 3.65. The minimum absolute atomic E-state index is 0.0746. The predicted molar refractivity (Wildman–Crippen MR) is 117 cm³/mol. The molecule has 1 unspecified atom stereocenters. The zero-order valence-electron chi connectivity index (χ0n) is 16.0. The Morgan fingerprint density at radius 2 is 1.86 bits per heavy atom. The third-order valence-electron chi connectivity index (χ3n) is 5.05. The van der Waals surface area contributed by atoms with Gasteiger partial charge in [-0.15, -0.1) is 0 Å². The smallest absolute Gasteiger partial charge is 0.311 e. The van der Waals surface area contributed by atoms with Crippen LogP contribution in [0.25, 0.3) is 10.9 Å². The summed E-state index contributed by atoms with van der Waals surface area (Å²) in [7, 11) is 0. The van der Waals surface area contributed by atoms with Gasteiger partial charge in [-0.25, -0.2) is 0 Å². The summed E-state index contributed by atoms with van der Waals surface area (Å²) in [5.74, 6) is -1.65. The number of thiocarbonyl (C=S) groups is 1. The van der Waals surface area contributed by atoms with Crippen LogP contribution in [-0.2, 0) is 4.79 Å². The number of aliphatic carboxylic acids is 1. The van der Waals surface area contributed by atoms with Gasteiger partial charge in [-0.05, 0) is 38.0 Å². The predicted octanol–water partition coefficient (Wildman–Crippen LogP) is 5.81. The lowest BCUT2D eigenvalue weighted by Crippen LogP contribution is -2.15. The van der Waals surface area contributed by atoms with Crippen molar-refractivity contribution in [2.75, 3.05) is 0 Å². The number of aromatic hydroxyl groups is 1. The number of aromatic nitrogens is 1. The second kappa shape index (κ2) is 7.94. The number of rotatable bonds is 5. The van der Waals surface area contributed by atoms with Crippen LogP contribution in [0.1, 0.15) is 48.1 Å². The maximum Gasteiger partial charge on any atom is 0.311 e. The molecule has 3 rings (SSSR count). The molecule has 1 heterocycles. The molecule has 0 saturated carbocycles. The molecule has 0 aliphatic heterocycles. The summed E-state index contributed by atoms with van der Waals surface area (Å²) in [6.45, 7) is 5.83. The van der Waals surface area contributed by atoms with Gasteiger partial charge in [0.15, 0.2) is 0 Å². The Morgan fingerprint density at radius 1 is 1.21 bits per heavy atom. The molecular weight excluding hydrogens is 394 g/mol. The highest BCUT2D eigenvalue weighted by Crippen LogP contribution is 2.39. The molecule has 2 aromatic carbocycles. The molecule has 28 heavy (non-hydrogen) atoms. The molecule has 1 atom stereocenters. The van der Waals surface area contributed by atoms with Crippen molar-refractivity contribution in [3.05, 3.63) is 63.8 Å². The Labute approximate surface area is 174 Å². The number of carbonyl (C=O) groups is 1. The molecule has 0 bridgehead atoms. The van der Waals surface area contributed by atoms with E-state index in [9.17, 15) is 15.0 Å². The molecule has 0 amide bonds. The first-order valence-electron chi connectivity index (χ1n) is 9.13. The first-order chi connectivity index (χ1) is 13.3. The van der Waals surface area contributed by atoms with E-state index in [1.165, 1.54) is 0 Å². The molecule has 1 aromatic heterocycles. The van der Waals surface area contributed by atoms with Gasteiger partial charge in [0.1, 0.15) is 10.7 Å². The third-order valence-corrected chi connectivity index (χ3v) is 5.77. The van der Waals surface area contributed by atoms with Gasteiger partial charge >= 0.3 is 5.97 Å². The summed E-state index contributed by atoms with van der Waals surface area (Å²) in [5, 5.41) is 20.8. The Kier molecular flexibility index (Phi) is 5.77. The van der Waals surface area contributed by atoms with Crippen LogP contribution in [0.3, 0.4) is 0 Å². The minimum Gasteiger partial charge on any atom is -0.506 e. The quantitative estimate of drug-likeness (QED) is 0.516. The zero-order valence-corrected chi connectivity index (χ0v) is 17.6. The Bertz CT molecular complexity index is 1070. The topological polar surface area (TPSA) is 62.5 Å². The molecule has 0 spiro atoms. The van der Waals surface area contributed by atoms with E-state index in [0.717, 1.165) is 23.2 Å². The van der Waals surface area contributed by atoms with Crippen LogP contribution in [-0.4, -0.2) is 25.7 Å². The van der Waals surface area contributed by atoms with Gasteiger partial charge in [-0.1, -0.05) is 67.0 Å². The highest BCUT2D eigenvalue weighted by Gasteiger charge is 2.28. The molecule has 0 fully saturated rings. The van der Waals surface area contributed by atoms with E-state index in [1.54, 1.807) is 12.1 Å². The Balaban J connectivity index is 2.32. The molecule has 0 radical (unpaired) electrons. The average molecular weight is 416 g/mol. The fraction of sp³-hybridized carbons (Fsp3) is 0.273. The van der Waals surface area contributed by atoms with Crippen LogP contribution >= 0.6 is 23.8 Å². The van der Waals surface area contributed by atoms with Gasteiger partial charge in [-0.2, -0.15) is 0 Å². The normalized spacial score (nSPS) is 12.3. The lowest BCUT2D eigenvalue weighted by atomic mass is 9.92. The van der Waals surface area contributed by atoms with E-state index >= 15 is 0 Å². The largest absolute Gasteiger partial charge is 0.506 e. The van der Waals surface area contributed by atoms with Crippen LogP contribution in [0.2, 0.25) is 5.02 Å². The van der Waals surface area contributed by atoms with Gasteiger partial charge in [0.05, 0.1) is 16.5 Å². The van der Waals surface area contributed by atoms with Gasteiger partial charge in [0.25, 0.3) is 0 Å². The maximum absolute atomic E-state index is 12.0. The number of carboxylic acids is 1. The summed E-state index contributed by atoms with van der Waals surface area (Å²) in [5.41, 5.74) is 4.11. The lowest BCUT2D eigenvalue weighted by Gasteiger charge is -2.14. The summed E-state index contributed by atoms with van der Waals surface area (Å²) in [6, 6.07) is 11.1. The van der Waals surface area contributed by atoms with E-state index < -0.39 is 11.9 Å². The standard InChI is InChI=1S/C22H22ClNO3S/c1-4-5-15(22(26)27)20-13(3)24(18-11-17(23)19(25)10-16(18)20)21(28)14-8-6-12(2)7-9-14/h6-11,15,25H,4-5H2,1-3H3,(H,26,27). The number of hydrogen-bond acceptors (Lipinski definition) is 3. The fourth-order valence-corrected chi connectivity index (χ4v) is 4.18. The molecule has 4 nitrogen and oxygen atoms in total. The number of nitrogens with zero attached hydrogens (tertiary/aromatic N) is 1. The van der Waals surface area contributed by atoms with E-state index in [2.05, 4.69) is 0 Å². The molecule has 146 valence electrons. The van der Waals surface area contributed by atoms with E-state index in [1.807, 2.05) is 49.6 Å². The van der Waals surface area contributed by atoms with Crippen molar-refractivity contribution in [2.24, 2.45) is 0 Å². The number of halogens is 1. The second-order valence-electron chi connectivity index (χ2n) is 7.01. The molecular formula is C22H22ClNO3S. The van der Waals surface area contributed by atoms with Crippen LogP contribution in [0, 0.1) is 13.8 Å². The van der Waals surface area contributed by atoms with Crippen LogP contribution < -0.4 is 0 Å². The Morgan fingerprint density at radius 3 is 2.43 bits per heavy atom. The van der Waals surface area contributed by atoms with E-state index in [4.69, 9.17) is 23.8 Å². The number of hydrogen-bond donors (Lipinski definition) is 2. The molecule has 0 saturated heterocycles. The number of phenols is 1. The van der Waals surface area contributed by atoms with Crippen molar-refractivity contribution in [3.8, 4) is 5.75 Å². The molecule has 6 heteroatoms. The van der Waals surface area contributed by atoms with Gasteiger partial charge in [0.2, 0.25) is 0 Å². The monoisotopic (exact) mass is 415 g/mol. The third kappa shape index (κ3) is 3.52. The molecule has 3 aromatic rings. The number of aryl methyl sites for hydroxylation is 1. The van der Waals surface area contributed by atoms with Crippen LogP contribution in [0.15, 0.2) is 36.4 Å². The first-order valence-corrected chi connectivity index (χ1v) is 9.92. The zero-order chi connectivity index (χ0) is 20.6. The summed E-state index contributed by atoms with van der Waals surface area (Å²) >= 11 is 11.9. The van der Waals surface area contributed by atoms with Crippen molar-refractivity contribution >= 4 is 45.7 Å². The Hall–Kier alpha value is -2.37. The lowest BCUT2D eigenvalue weighted by molar-refractivity contribution is -0.139. The van der Waals surface area contributed by atoms with Crippen molar-refractivity contribution in [1.82, 2.24) is 4.57 Å². The maximum atomic E-state index is 12.0. The van der Waals surface area contributed by atoms with Crippen LogP contribution in [0.4, 0.5) is 0 Å². The number of benzene rings is 2. The summed E-state index contributed by atoms with van der Waals surface area (Å²) in [6.07, 6.45) is 1.22. The van der Waals surface area contributed by atoms with Crippen molar-refractivity contribution in [1.29, 1.82) is 0 Å². The minimum atomic E-state index is -0.889. The van der Waals surface area contributed by atoms with Crippen LogP contribution in [0.5, 0.6) is 5.75 Å². The molecule has 2 N–H and O–H groups in total. The summed E-state index contributed by atoms with van der Waals surface area (Å²) < 4.78 is 1.86. The number of phenolic OH excluding ortho intramolecular Hbond substituents is 1. The van der Waals surface area contributed by atoms with Gasteiger partial charge < -0.3 is 14.8 Å². The van der Waals surface area contributed by atoms with Gasteiger partial charge in [-0.3, -0.25) is 4.79 Å². The molecule has 0 aliphatic carbocycles. The highest BCUT2D eigenvalue weighted by molar-refractivity contribution is 7.80. The van der Waals surface area contributed by atoms with Gasteiger partial charge in [0, 0.05) is 16.6 Å². The van der Waals surface area contributed by atoms with E-state index in [0.29, 0.717) is 27.9 Å². The number of carboxylic acid groups (broad SMARTS) is 1. The first kappa shape index (κ1) is 20.4. The molecule has 0 aliphatic rings. The average Bonchev–Trinajstić information content (AvgIpc) is 2.91. The van der Waals surface area contributed by atoms with E-state index in [-0.39, 0.29) is 10.8 Å².